The van der Waals surface area contributed by atoms with Gasteiger partial charge in [-0.3, -0.25) is 4.90 Å². The average molecular weight is 222 g/mol. The molecule has 0 heterocycles. The number of rotatable bonds is 4. The van der Waals surface area contributed by atoms with Crippen LogP contribution in [0.5, 0.6) is 5.75 Å². The van der Waals surface area contributed by atoms with E-state index in [1.54, 1.807) is 38.1 Å². The molecule has 16 heavy (non-hydrogen) atoms. The molecule has 4 heteroatoms. The van der Waals surface area contributed by atoms with Crippen LogP contribution < -0.4 is 4.74 Å². The molecule has 0 aliphatic carbocycles. The summed E-state index contributed by atoms with van der Waals surface area (Å²) >= 11 is 0. The van der Waals surface area contributed by atoms with Gasteiger partial charge in [-0.05, 0) is 38.7 Å². The maximum atomic E-state index is 13.5. The molecule has 0 N–H and O–H groups in total. The SMILES string of the molecule is CCOc1ccc(C(C#N)N(C)C)cc1F. The van der Waals surface area contributed by atoms with Crippen LogP contribution >= 0.6 is 0 Å². The van der Waals surface area contributed by atoms with Crippen molar-refractivity contribution in [2.75, 3.05) is 20.7 Å². The quantitative estimate of drug-likeness (QED) is 0.784. The normalized spacial score (nSPS) is 12.2. The molecule has 1 aromatic rings. The van der Waals surface area contributed by atoms with E-state index in [1.807, 2.05) is 0 Å². The summed E-state index contributed by atoms with van der Waals surface area (Å²) in [6, 6.07) is 6.29. The van der Waals surface area contributed by atoms with E-state index in [1.165, 1.54) is 6.07 Å². The Balaban J connectivity index is 3.01. The van der Waals surface area contributed by atoms with Gasteiger partial charge in [0.25, 0.3) is 0 Å². The van der Waals surface area contributed by atoms with Crippen LogP contribution in [0.3, 0.4) is 0 Å². The molecule has 0 spiro atoms. The molecule has 0 radical (unpaired) electrons. The highest BCUT2D eigenvalue weighted by atomic mass is 19.1. The Bertz CT molecular complexity index is 398. The smallest absolute Gasteiger partial charge is 0.165 e. The third-order valence-electron chi connectivity index (χ3n) is 2.21. The minimum absolute atomic E-state index is 0.224. The summed E-state index contributed by atoms with van der Waals surface area (Å²) in [5.41, 5.74) is 0.633. The van der Waals surface area contributed by atoms with Crippen LogP contribution in [0.1, 0.15) is 18.5 Å². The molecule has 0 aromatic heterocycles. The van der Waals surface area contributed by atoms with Crippen molar-refractivity contribution < 1.29 is 9.13 Å². The van der Waals surface area contributed by atoms with Crippen molar-refractivity contribution in [1.29, 1.82) is 5.26 Å². The Kier molecular flexibility index (Phi) is 4.27. The van der Waals surface area contributed by atoms with Crippen molar-refractivity contribution in [3.63, 3.8) is 0 Å². The van der Waals surface area contributed by atoms with Crippen LogP contribution in [0, 0.1) is 17.1 Å². The number of halogens is 1. The van der Waals surface area contributed by atoms with Gasteiger partial charge in [-0.1, -0.05) is 6.07 Å². The van der Waals surface area contributed by atoms with E-state index in [0.29, 0.717) is 12.2 Å². The molecule has 1 aromatic carbocycles. The lowest BCUT2D eigenvalue weighted by atomic mass is 10.1. The first-order valence-corrected chi connectivity index (χ1v) is 5.08. The number of nitriles is 1. The van der Waals surface area contributed by atoms with E-state index in [2.05, 4.69) is 6.07 Å². The minimum atomic E-state index is -0.440. The van der Waals surface area contributed by atoms with E-state index >= 15 is 0 Å². The number of hydrogen-bond donors (Lipinski definition) is 0. The zero-order valence-electron chi connectivity index (χ0n) is 9.70. The van der Waals surface area contributed by atoms with Crippen LogP contribution in [0.2, 0.25) is 0 Å². The summed E-state index contributed by atoms with van der Waals surface area (Å²) < 4.78 is 18.6. The number of nitrogens with zero attached hydrogens (tertiary/aromatic N) is 2. The highest BCUT2D eigenvalue weighted by Crippen LogP contribution is 2.24. The predicted molar refractivity (Wildman–Crippen MR) is 59.6 cm³/mol. The Morgan fingerprint density at radius 3 is 2.62 bits per heavy atom. The standard InChI is InChI=1S/C12H15FN2O/c1-4-16-12-6-5-9(7-10(12)13)11(8-14)15(2)3/h5-7,11H,4H2,1-3H3. The van der Waals surface area contributed by atoms with Crippen molar-refractivity contribution in [3.8, 4) is 11.8 Å². The summed E-state index contributed by atoms with van der Waals surface area (Å²) in [5.74, 6) is -0.205. The molecule has 0 saturated heterocycles. The first kappa shape index (κ1) is 12.5. The topological polar surface area (TPSA) is 36.3 Å². The largest absolute Gasteiger partial charge is 0.491 e. The second kappa shape index (κ2) is 5.47. The summed E-state index contributed by atoms with van der Waals surface area (Å²) in [6.07, 6.45) is 0. The molecule has 0 aliphatic rings. The van der Waals surface area contributed by atoms with E-state index in [9.17, 15) is 4.39 Å². The second-order valence-electron chi connectivity index (χ2n) is 3.62. The van der Waals surface area contributed by atoms with Crippen molar-refractivity contribution in [1.82, 2.24) is 4.90 Å². The molecule has 0 saturated carbocycles. The van der Waals surface area contributed by atoms with Gasteiger partial charge in [0.1, 0.15) is 6.04 Å². The fraction of sp³-hybridized carbons (Fsp3) is 0.417. The van der Waals surface area contributed by atoms with Crippen molar-refractivity contribution in [3.05, 3.63) is 29.6 Å². The van der Waals surface area contributed by atoms with Gasteiger partial charge in [-0.2, -0.15) is 5.26 Å². The van der Waals surface area contributed by atoms with E-state index in [-0.39, 0.29) is 5.75 Å². The minimum Gasteiger partial charge on any atom is -0.491 e. The molecule has 1 atom stereocenters. The van der Waals surface area contributed by atoms with Gasteiger partial charge >= 0.3 is 0 Å². The lowest BCUT2D eigenvalue weighted by Gasteiger charge is -2.17. The Hall–Kier alpha value is -1.60. The number of ether oxygens (including phenoxy) is 1. The van der Waals surface area contributed by atoms with Gasteiger partial charge in [0.2, 0.25) is 0 Å². The fourth-order valence-electron chi connectivity index (χ4n) is 1.45. The van der Waals surface area contributed by atoms with Crippen LogP contribution in [0.25, 0.3) is 0 Å². The lowest BCUT2D eigenvalue weighted by Crippen LogP contribution is -2.18. The average Bonchev–Trinajstić information content (AvgIpc) is 2.22. The van der Waals surface area contributed by atoms with Gasteiger partial charge in [-0.25, -0.2) is 4.39 Å². The van der Waals surface area contributed by atoms with Crippen LogP contribution in [-0.2, 0) is 0 Å². The third-order valence-corrected chi connectivity index (χ3v) is 2.21. The zero-order valence-corrected chi connectivity index (χ0v) is 9.70. The summed E-state index contributed by atoms with van der Waals surface area (Å²) in [5, 5.41) is 8.97. The maximum Gasteiger partial charge on any atom is 0.165 e. The van der Waals surface area contributed by atoms with Crippen molar-refractivity contribution >= 4 is 0 Å². The molecule has 1 rings (SSSR count). The lowest BCUT2D eigenvalue weighted by molar-refractivity contribution is 0.319. The van der Waals surface area contributed by atoms with Crippen LogP contribution in [0.15, 0.2) is 18.2 Å². The first-order chi connectivity index (χ1) is 7.60. The highest BCUT2D eigenvalue weighted by Gasteiger charge is 2.15. The molecule has 3 nitrogen and oxygen atoms in total. The molecule has 86 valence electrons. The summed E-state index contributed by atoms with van der Waals surface area (Å²) in [4.78, 5) is 1.73. The second-order valence-corrected chi connectivity index (χ2v) is 3.62. The van der Waals surface area contributed by atoms with Crippen LogP contribution in [-0.4, -0.2) is 25.6 Å². The summed E-state index contributed by atoms with van der Waals surface area (Å²) in [7, 11) is 3.56. The highest BCUT2D eigenvalue weighted by molar-refractivity contribution is 5.33. The predicted octanol–water partition coefficient (Wildman–Crippen LogP) is 2.35. The molecular formula is C12H15FN2O. The molecule has 0 bridgehead atoms. The molecular weight excluding hydrogens is 207 g/mol. The van der Waals surface area contributed by atoms with E-state index < -0.39 is 11.9 Å². The van der Waals surface area contributed by atoms with Gasteiger partial charge in [0.05, 0.1) is 12.7 Å². The van der Waals surface area contributed by atoms with Gasteiger partial charge < -0.3 is 4.74 Å². The monoisotopic (exact) mass is 222 g/mol. The first-order valence-electron chi connectivity index (χ1n) is 5.08. The summed E-state index contributed by atoms with van der Waals surface area (Å²) in [6.45, 7) is 2.22. The van der Waals surface area contributed by atoms with Crippen molar-refractivity contribution in [2.24, 2.45) is 0 Å². The number of benzene rings is 1. The maximum absolute atomic E-state index is 13.5. The van der Waals surface area contributed by atoms with Gasteiger partial charge in [0, 0.05) is 0 Å². The van der Waals surface area contributed by atoms with Crippen LogP contribution in [0.4, 0.5) is 4.39 Å². The Morgan fingerprint density at radius 2 is 2.19 bits per heavy atom. The van der Waals surface area contributed by atoms with Crippen molar-refractivity contribution in [2.45, 2.75) is 13.0 Å². The van der Waals surface area contributed by atoms with E-state index in [0.717, 1.165) is 0 Å². The van der Waals surface area contributed by atoms with Gasteiger partial charge in [0.15, 0.2) is 11.6 Å². The molecule has 1 unspecified atom stereocenters. The Labute approximate surface area is 95.1 Å². The fourth-order valence-corrected chi connectivity index (χ4v) is 1.45. The molecule has 0 fully saturated rings. The zero-order chi connectivity index (χ0) is 12.1. The number of hydrogen-bond acceptors (Lipinski definition) is 3. The molecule has 0 amide bonds. The molecule has 0 aliphatic heterocycles. The third kappa shape index (κ3) is 2.71. The Morgan fingerprint density at radius 1 is 1.50 bits per heavy atom. The van der Waals surface area contributed by atoms with E-state index in [4.69, 9.17) is 10.00 Å². The van der Waals surface area contributed by atoms with Gasteiger partial charge in [-0.15, -0.1) is 0 Å².